The molecule has 1 heterocycles. The lowest BCUT2D eigenvalue weighted by atomic mass is 9.98. The van der Waals surface area contributed by atoms with E-state index in [1.165, 1.54) is 17.0 Å². The number of alkyl halides is 3. The second-order valence-corrected chi connectivity index (χ2v) is 10.5. The molecule has 7 N–H and O–H groups in total. The van der Waals surface area contributed by atoms with Crippen LogP contribution in [0.1, 0.15) is 23.7 Å². The molecular formula is C29H38F3NO11. The Labute approximate surface area is 251 Å². The molecule has 12 nitrogen and oxygen atoms in total. The fourth-order valence-corrected chi connectivity index (χ4v) is 4.62. The molecule has 1 fully saturated rings. The number of carbonyl (C=O) groups is 1. The summed E-state index contributed by atoms with van der Waals surface area (Å²) in [5, 5.41) is 70.0. The molecule has 0 radical (unpaired) electrons. The van der Waals surface area contributed by atoms with Gasteiger partial charge in [0.1, 0.15) is 54.6 Å². The molecule has 0 aliphatic carbocycles. The summed E-state index contributed by atoms with van der Waals surface area (Å²) in [7, 11) is 1.56. The largest absolute Gasteiger partial charge is 0.486 e. The van der Waals surface area contributed by atoms with Crippen LogP contribution in [0.2, 0.25) is 0 Å². The van der Waals surface area contributed by atoms with E-state index in [-0.39, 0.29) is 25.3 Å². The lowest BCUT2D eigenvalue weighted by Gasteiger charge is -2.41. The molecule has 246 valence electrons. The first-order chi connectivity index (χ1) is 20.8. The van der Waals surface area contributed by atoms with E-state index in [0.717, 1.165) is 17.7 Å². The Balaban J connectivity index is 1.65. The summed E-state index contributed by atoms with van der Waals surface area (Å²) < 4.78 is 55.4. The fourth-order valence-electron chi connectivity index (χ4n) is 4.62. The van der Waals surface area contributed by atoms with E-state index >= 15 is 0 Å². The van der Waals surface area contributed by atoms with Crippen molar-refractivity contribution in [3.8, 4) is 5.75 Å². The summed E-state index contributed by atoms with van der Waals surface area (Å²) in [5.74, 6) is -0.651. The van der Waals surface area contributed by atoms with Crippen molar-refractivity contribution in [3.05, 3.63) is 65.7 Å². The van der Waals surface area contributed by atoms with Gasteiger partial charge in [0.05, 0.1) is 25.3 Å². The summed E-state index contributed by atoms with van der Waals surface area (Å²) in [6.07, 6.45) is -19.1. The molecule has 15 heteroatoms. The van der Waals surface area contributed by atoms with Gasteiger partial charge in [0, 0.05) is 13.0 Å². The van der Waals surface area contributed by atoms with Crippen LogP contribution in [-0.2, 0) is 20.4 Å². The summed E-state index contributed by atoms with van der Waals surface area (Å²) >= 11 is 0. The molecule has 1 aliphatic heterocycles. The van der Waals surface area contributed by atoms with Gasteiger partial charge in [-0.25, -0.2) is 0 Å². The molecule has 0 spiro atoms. The number of carbonyl (C=O) groups excluding carboxylic acids is 1. The highest BCUT2D eigenvalue weighted by Crippen LogP contribution is 2.32. The fraction of sp³-hybridized carbons (Fsp3) is 0.552. The number of ether oxygens (including phenoxy) is 3. The van der Waals surface area contributed by atoms with Crippen LogP contribution in [0.15, 0.2) is 54.6 Å². The number of aliphatic hydroxyl groups excluding tert-OH is 7. The number of ketones is 1. The summed E-state index contributed by atoms with van der Waals surface area (Å²) in [5.41, 5.74) is -0.0933. The van der Waals surface area contributed by atoms with Gasteiger partial charge in [0.15, 0.2) is 12.1 Å². The van der Waals surface area contributed by atoms with Crippen LogP contribution in [0, 0.1) is 0 Å². The van der Waals surface area contributed by atoms with Gasteiger partial charge >= 0.3 is 6.18 Å². The Bertz CT molecular complexity index is 1160. The van der Waals surface area contributed by atoms with Crippen LogP contribution in [0.4, 0.5) is 13.2 Å². The van der Waals surface area contributed by atoms with Gasteiger partial charge < -0.3 is 50.0 Å². The number of Topliss-reactive ketones (excluding diaryl/α,β-unsaturated/α-hetero) is 1. The minimum Gasteiger partial charge on any atom is -0.486 e. The van der Waals surface area contributed by atoms with Crippen molar-refractivity contribution in [2.45, 2.75) is 67.7 Å². The van der Waals surface area contributed by atoms with E-state index in [1.54, 1.807) is 37.4 Å². The number of hydrogen-bond donors (Lipinski definition) is 7. The molecular weight excluding hydrogens is 595 g/mol. The Morgan fingerprint density at radius 3 is 2.18 bits per heavy atom. The summed E-state index contributed by atoms with van der Waals surface area (Å²) in [4.78, 5) is 14.5. The zero-order valence-electron chi connectivity index (χ0n) is 23.8. The maximum absolute atomic E-state index is 13.0. The highest BCUT2D eigenvalue weighted by atomic mass is 19.4. The monoisotopic (exact) mass is 633 g/mol. The van der Waals surface area contributed by atoms with Crippen molar-refractivity contribution in [1.29, 1.82) is 0 Å². The number of rotatable bonds is 15. The molecule has 44 heavy (non-hydrogen) atoms. The minimum atomic E-state index is -4.50. The first-order valence-electron chi connectivity index (χ1n) is 13.8. The minimum absolute atomic E-state index is 0.201. The Morgan fingerprint density at radius 1 is 0.977 bits per heavy atom. The van der Waals surface area contributed by atoms with Gasteiger partial charge in [-0.3, -0.25) is 9.69 Å². The molecule has 0 bridgehead atoms. The van der Waals surface area contributed by atoms with E-state index in [0.29, 0.717) is 0 Å². The first kappa shape index (κ1) is 35.8. The third-order valence-electron chi connectivity index (χ3n) is 7.18. The standard InChI is InChI=1S/C29H38F3NO11/c1-33(12-11-21(16-5-3-2-4-6-16)42-18-9-7-17(8-10-18)29(30,31)32)13-19(36)23(38)27(20(37)14-34)44-28-26(41)25(40)24(39)22(15-35)43-28/h2-10,20-28,34-35,37-41H,11-15H2,1H3/t20-,21?,22-,23-,24+,25+,26-,27?,28?/m1/s1. The topological polar surface area (TPSA) is 190 Å². The molecule has 9 atom stereocenters. The number of aliphatic hydroxyl groups is 7. The number of nitrogens with zero attached hydrogens (tertiary/aromatic N) is 1. The third-order valence-corrected chi connectivity index (χ3v) is 7.18. The van der Waals surface area contributed by atoms with Gasteiger partial charge in [0.2, 0.25) is 0 Å². The van der Waals surface area contributed by atoms with Gasteiger partial charge in [-0.15, -0.1) is 0 Å². The predicted molar refractivity (Wildman–Crippen MR) is 146 cm³/mol. The molecule has 3 unspecified atom stereocenters. The van der Waals surface area contributed by atoms with Crippen LogP contribution in [0.5, 0.6) is 5.75 Å². The lowest BCUT2D eigenvalue weighted by molar-refractivity contribution is -0.323. The molecule has 2 aromatic carbocycles. The van der Waals surface area contributed by atoms with E-state index in [9.17, 15) is 53.7 Å². The van der Waals surface area contributed by atoms with Gasteiger partial charge in [-0.2, -0.15) is 13.2 Å². The van der Waals surface area contributed by atoms with Crippen LogP contribution < -0.4 is 4.74 Å². The highest BCUT2D eigenvalue weighted by molar-refractivity contribution is 5.85. The van der Waals surface area contributed by atoms with Gasteiger partial charge in [-0.1, -0.05) is 30.3 Å². The maximum Gasteiger partial charge on any atom is 0.416 e. The SMILES string of the molecule is CN(CCC(Oc1ccc(C(F)(F)F)cc1)c1ccccc1)CC(=O)[C@@H](O)C(OC1O[C@H](CO)[C@H](O)[C@H](O)[C@H]1O)[C@H](O)CO. The molecule has 0 saturated carbocycles. The number of benzene rings is 2. The molecule has 2 aromatic rings. The Hall–Kier alpha value is -2.70. The first-order valence-corrected chi connectivity index (χ1v) is 13.8. The van der Waals surface area contributed by atoms with E-state index in [2.05, 4.69) is 0 Å². The maximum atomic E-state index is 13.0. The van der Waals surface area contributed by atoms with E-state index < -0.39 is 85.9 Å². The van der Waals surface area contributed by atoms with E-state index in [1.807, 2.05) is 0 Å². The zero-order chi connectivity index (χ0) is 32.6. The second kappa shape index (κ2) is 16.0. The molecule has 3 rings (SSSR count). The Morgan fingerprint density at radius 2 is 1.61 bits per heavy atom. The van der Waals surface area contributed by atoms with Crippen molar-refractivity contribution >= 4 is 5.78 Å². The summed E-state index contributed by atoms with van der Waals surface area (Å²) in [6.45, 7) is -1.89. The Kier molecular flexibility index (Phi) is 13.0. The van der Waals surface area contributed by atoms with Crippen LogP contribution >= 0.6 is 0 Å². The van der Waals surface area contributed by atoms with Crippen LogP contribution in [0.25, 0.3) is 0 Å². The average Bonchev–Trinajstić information content (AvgIpc) is 3.01. The number of likely N-dealkylation sites (N-methyl/N-ethyl adjacent to an activating group) is 1. The molecule has 0 amide bonds. The zero-order valence-corrected chi connectivity index (χ0v) is 23.8. The highest BCUT2D eigenvalue weighted by Gasteiger charge is 2.47. The molecule has 1 saturated heterocycles. The smallest absolute Gasteiger partial charge is 0.416 e. The second-order valence-electron chi connectivity index (χ2n) is 10.5. The van der Waals surface area contributed by atoms with Crippen LogP contribution in [0.3, 0.4) is 0 Å². The van der Waals surface area contributed by atoms with Crippen molar-refractivity contribution in [2.24, 2.45) is 0 Å². The van der Waals surface area contributed by atoms with Gasteiger partial charge in [-0.05, 0) is 36.9 Å². The van der Waals surface area contributed by atoms with Crippen molar-refractivity contribution in [1.82, 2.24) is 4.90 Å². The van der Waals surface area contributed by atoms with Crippen molar-refractivity contribution in [2.75, 3.05) is 33.4 Å². The lowest BCUT2D eigenvalue weighted by Crippen LogP contribution is -2.61. The number of halogens is 3. The third kappa shape index (κ3) is 9.40. The normalized spacial score (nSPS) is 25.3. The van der Waals surface area contributed by atoms with Crippen molar-refractivity contribution in [3.63, 3.8) is 0 Å². The van der Waals surface area contributed by atoms with Crippen LogP contribution in [-0.4, -0.2) is 129 Å². The molecule has 1 aliphatic rings. The quantitative estimate of drug-likeness (QED) is 0.135. The van der Waals surface area contributed by atoms with Gasteiger partial charge in [0.25, 0.3) is 0 Å². The van der Waals surface area contributed by atoms with Crippen molar-refractivity contribution < 1.29 is 67.9 Å². The average molecular weight is 634 g/mol. The number of hydrogen-bond acceptors (Lipinski definition) is 12. The predicted octanol–water partition coefficient (Wildman–Crippen LogP) is -0.384. The summed E-state index contributed by atoms with van der Waals surface area (Å²) in [6, 6.07) is 13.1. The van der Waals surface area contributed by atoms with E-state index in [4.69, 9.17) is 14.2 Å². The molecule has 0 aromatic heterocycles.